The van der Waals surface area contributed by atoms with E-state index in [0.29, 0.717) is 49.7 Å². The predicted molar refractivity (Wildman–Crippen MR) is 116 cm³/mol. The molecule has 1 fully saturated rings. The lowest BCUT2D eigenvalue weighted by Crippen LogP contribution is -2.37. The summed E-state index contributed by atoms with van der Waals surface area (Å²) in [6.07, 6.45) is 3.57. The third kappa shape index (κ3) is 3.28. The van der Waals surface area contributed by atoms with Gasteiger partial charge in [-0.3, -0.25) is 0 Å². The van der Waals surface area contributed by atoms with Gasteiger partial charge in [0.15, 0.2) is 17.3 Å². The van der Waals surface area contributed by atoms with Crippen molar-refractivity contribution < 1.29 is 14.2 Å². The van der Waals surface area contributed by atoms with Crippen LogP contribution in [0.15, 0.2) is 36.7 Å². The van der Waals surface area contributed by atoms with Crippen LogP contribution < -0.4 is 14.4 Å². The molecule has 0 bridgehead atoms. The van der Waals surface area contributed by atoms with E-state index in [0.717, 1.165) is 41.4 Å². The zero-order valence-corrected chi connectivity index (χ0v) is 17.6. The van der Waals surface area contributed by atoms with Gasteiger partial charge in [0.1, 0.15) is 13.2 Å². The minimum atomic E-state index is 0.526. The van der Waals surface area contributed by atoms with Crippen molar-refractivity contribution in [2.75, 3.05) is 44.4 Å². The number of nitrogens with zero attached hydrogens (tertiary/aromatic N) is 7. The number of benzene rings is 1. The van der Waals surface area contributed by atoms with Gasteiger partial charge >= 0.3 is 0 Å². The molecule has 0 amide bonds. The van der Waals surface area contributed by atoms with Gasteiger partial charge in [0.2, 0.25) is 5.95 Å². The number of fused-ring (bicyclic) bond motifs is 2. The van der Waals surface area contributed by atoms with Crippen LogP contribution in [0.3, 0.4) is 0 Å². The molecule has 3 aromatic heterocycles. The maximum Gasteiger partial charge on any atom is 0.252 e. The highest BCUT2D eigenvalue weighted by Crippen LogP contribution is 2.34. The fraction of sp³-hybridized carbons (Fsp3) is 0.318. The quantitative estimate of drug-likeness (QED) is 0.483. The largest absolute Gasteiger partial charge is 0.486 e. The molecular weight excluding hydrogens is 410 g/mol. The zero-order chi connectivity index (χ0) is 21.5. The summed E-state index contributed by atoms with van der Waals surface area (Å²) in [7, 11) is 0. The Morgan fingerprint density at radius 2 is 1.75 bits per heavy atom. The van der Waals surface area contributed by atoms with Crippen LogP contribution in [0.2, 0.25) is 0 Å². The lowest BCUT2D eigenvalue weighted by molar-refractivity contribution is 0.122. The normalized spacial score (nSPS) is 15.8. The van der Waals surface area contributed by atoms with Gasteiger partial charge in [0.25, 0.3) is 5.78 Å². The van der Waals surface area contributed by atoms with Gasteiger partial charge in [-0.15, -0.1) is 5.10 Å². The van der Waals surface area contributed by atoms with E-state index in [1.807, 2.05) is 31.2 Å². The second-order valence-corrected chi connectivity index (χ2v) is 7.60. The SMILES string of the molecule is Cc1c(-c2ccnc(N3CCOCC3)n2)cnc2nc(-c3ccc4c(c3)OCCO4)nn12. The first kappa shape index (κ1) is 18.9. The average Bonchev–Trinajstić information content (AvgIpc) is 3.30. The molecule has 32 heavy (non-hydrogen) atoms. The van der Waals surface area contributed by atoms with E-state index in [2.05, 4.69) is 19.9 Å². The number of hydrogen-bond donors (Lipinski definition) is 0. The predicted octanol–water partition coefficient (Wildman–Crippen LogP) is 2.16. The molecular formula is C22H21N7O3. The van der Waals surface area contributed by atoms with E-state index in [4.69, 9.17) is 24.3 Å². The number of morpholine rings is 1. The van der Waals surface area contributed by atoms with Crippen LogP contribution in [0, 0.1) is 6.92 Å². The first-order valence-corrected chi connectivity index (χ1v) is 10.5. The van der Waals surface area contributed by atoms with Gasteiger partial charge in [0, 0.05) is 36.6 Å². The van der Waals surface area contributed by atoms with E-state index < -0.39 is 0 Å². The molecule has 6 rings (SSSR count). The summed E-state index contributed by atoms with van der Waals surface area (Å²) in [5, 5.41) is 4.71. The Bertz CT molecular complexity index is 1300. The fourth-order valence-electron chi connectivity index (χ4n) is 3.91. The number of anilines is 1. The second kappa shape index (κ2) is 7.72. The topological polar surface area (TPSA) is 99.8 Å². The zero-order valence-electron chi connectivity index (χ0n) is 17.6. The molecule has 4 aromatic rings. The third-order valence-electron chi connectivity index (χ3n) is 5.62. The van der Waals surface area contributed by atoms with Crippen LogP contribution >= 0.6 is 0 Å². The summed E-state index contributed by atoms with van der Waals surface area (Å²) in [6.45, 7) is 6.00. The molecule has 5 heterocycles. The number of rotatable bonds is 3. The van der Waals surface area contributed by atoms with Crippen molar-refractivity contribution in [3.05, 3.63) is 42.4 Å². The summed E-state index contributed by atoms with van der Waals surface area (Å²) in [5.74, 6) is 3.24. The fourth-order valence-corrected chi connectivity index (χ4v) is 3.91. The molecule has 0 unspecified atom stereocenters. The molecule has 1 saturated heterocycles. The summed E-state index contributed by atoms with van der Waals surface area (Å²) < 4.78 is 18.5. The van der Waals surface area contributed by atoms with Crippen LogP contribution in [0.5, 0.6) is 11.5 Å². The van der Waals surface area contributed by atoms with E-state index in [-0.39, 0.29) is 0 Å². The number of aromatic nitrogens is 6. The molecule has 0 spiro atoms. The van der Waals surface area contributed by atoms with Crippen LogP contribution in [0.25, 0.3) is 28.4 Å². The first-order chi connectivity index (χ1) is 15.8. The van der Waals surface area contributed by atoms with Crippen molar-refractivity contribution in [1.82, 2.24) is 29.5 Å². The number of hydrogen-bond acceptors (Lipinski definition) is 9. The molecule has 0 atom stereocenters. The molecule has 2 aliphatic rings. The van der Waals surface area contributed by atoms with Crippen molar-refractivity contribution >= 4 is 11.7 Å². The second-order valence-electron chi connectivity index (χ2n) is 7.60. The van der Waals surface area contributed by atoms with Crippen molar-refractivity contribution in [3.63, 3.8) is 0 Å². The Hall–Kier alpha value is -3.79. The Morgan fingerprint density at radius 1 is 0.906 bits per heavy atom. The summed E-state index contributed by atoms with van der Waals surface area (Å²) in [6, 6.07) is 7.60. The average molecular weight is 431 g/mol. The van der Waals surface area contributed by atoms with E-state index in [1.165, 1.54) is 0 Å². The lowest BCUT2D eigenvalue weighted by Gasteiger charge is -2.26. The van der Waals surface area contributed by atoms with Crippen molar-refractivity contribution in [3.8, 4) is 34.1 Å². The van der Waals surface area contributed by atoms with Gasteiger partial charge in [-0.25, -0.2) is 19.5 Å². The van der Waals surface area contributed by atoms with Crippen molar-refractivity contribution in [2.45, 2.75) is 6.92 Å². The Kier molecular flexibility index (Phi) is 4.57. The highest BCUT2D eigenvalue weighted by atomic mass is 16.6. The van der Waals surface area contributed by atoms with Gasteiger partial charge in [-0.05, 0) is 31.2 Å². The van der Waals surface area contributed by atoms with Crippen molar-refractivity contribution in [2.24, 2.45) is 0 Å². The minimum Gasteiger partial charge on any atom is -0.486 e. The Labute approximate surface area is 183 Å². The maximum absolute atomic E-state index is 5.69. The van der Waals surface area contributed by atoms with Gasteiger partial charge in [-0.1, -0.05) is 0 Å². The molecule has 1 aromatic carbocycles. The molecule has 0 aliphatic carbocycles. The first-order valence-electron chi connectivity index (χ1n) is 10.5. The molecule has 2 aliphatic heterocycles. The maximum atomic E-state index is 5.69. The summed E-state index contributed by atoms with van der Waals surface area (Å²) >= 11 is 0. The number of aryl methyl sites for hydroxylation is 1. The van der Waals surface area contributed by atoms with E-state index in [9.17, 15) is 0 Å². The van der Waals surface area contributed by atoms with Crippen LogP contribution in [0.4, 0.5) is 5.95 Å². The molecule has 0 N–H and O–H groups in total. The van der Waals surface area contributed by atoms with Gasteiger partial charge in [-0.2, -0.15) is 4.98 Å². The van der Waals surface area contributed by atoms with Crippen LogP contribution in [-0.4, -0.2) is 69.1 Å². The standard InChI is InChI=1S/C22H21N7O3/c1-14-16(17-4-5-23-21(25-17)28-6-8-30-9-7-28)13-24-22-26-20(27-29(14)22)15-2-3-18-19(12-15)32-11-10-31-18/h2-5,12-13H,6-11H2,1H3. The summed E-state index contributed by atoms with van der Waals surface area (Å²) in [5.41, 5.74) is 3.42. The highest BCUT2D eigenvalue weighted by molar-refractivity contribution is 5.66. The minimum absolute atomic E-state index is 0.526. The molecule has 10 heteroatoms. The third-order valence-corrected chi connectivity index (χ3v) is 5.62. The van der Waals surface area contributed by atoms with Crippen molar-refractivity contribution in [1.29, 1.82) is 0 Å². The lowest BCUT2D eigenvalue weighted by atomic mass is 10.2. The number of ether oxygens (including phenoxy) is 3. The molecule has 0 radical (unpaired) electrons. The van der Waals surface area contributed by atoms with E-state index in [1.54, 1.807) is 16.9 Å². The molecule has 0 saturated carbocycles. The van der Waals surface area contributed by atoms with Gasteiger partial charge in [0.05, 0.1) is 24.6 Å². The van der Waals surface area contributed by atoms with E-state index >= 15 is 0 Å². The Balaban J connectivity index is 1.37. The van der Waals surface area contributed by atoms with Crippen LogP contribution in [0.1, 0.15) is 5.69 Å². The molecule has 162 valence electrons. The van der Waals surface area contributed by atoms with Gasteiger partial charge < -0.3 is 19.1 Å². The highest BCUT2D eigenvalue weighted by Gasteiger charge is 2.18. The monoisotopic (exact) mass is 431 g/mol. The smallest absolute Gasteiger partial charge is 0.252 e. The Morgan fingerprint density at radius 3 is 2.62 bits per heavy atom. The van der Waals surface area contributed by atoms with Crippen LogP contribution in [-0.2, 0) is 4.74 Å². The summed E-state index contributed by atoms with van der Waals surface area (Å²) in [4.78, 5) is 20.5. The molecule has 10 nitrogen and oxygen atoms in total.